The number of rotatable bonds is 5. The molecular weight excluding hydrogens is 234 g/mol. The minimum absolute atomic E-state index is 0.243. The van der Waals surface area contributed by atoms with Gasteiger partial charge < -0.3 is 10.6 Å². The molecule has 1 aliphatic rings. The van der Waals surface area contributed by atoms with E-state index in [9.17, 15) is 8.78 Å². The maximum atomic E-state index is 13.1. The molecule has 4 heteroatoms. The summed E-state index contributed by atoms with van der Waals surface area (Å²) in [6.07, 6.45) is 3.59. The largest absolute Gasteiger partial charge is 0.330 e. The lowest BCUT2D eigenvalue weighted by Crippen LogP contribution is -2.45. The Morgan fingerprint density at radius 2 is 2.00 bits per heavy atom. The molecule has 0 atom stereocenters. The highest BCUT2D eigenvalue weighted by molar-refractivity contribution is 5.17. The Bertz CT molecular complexity index is 411. The van der Waals surface area contributed by atoms with Crippen LogP contribution in [0, 0.1) is 17.0 Å². The number of nitrogens with zero attached hydrogens (tertiary/aromatic N) is 1. The van der Waals surface area contributed by atoms with E-state index in [1.807, 2.05) is 7.05 Å². The summed E-state index contributed by atoms with van der Waals surface area (Å²) >= 11 is 0. The lowest BCUT2D eigenvalue weighted by atomic mass is 9.68. The highest BCUT2D eigenvalue weighted by Crippen LogP contribution is 2.40. The van der Waals surface area contributed by atoms with E-state index in [-0.39, 0.29) is 5.41 Å². The maximum Gasteiger partial charge on any atom is 0.159 e. The Balaban J connectivity index is 1.94. The van der Waals surface area contributed by atoms with E-state index in [1.54, 1.807) is 6.07 Å². The van der Waals surface area contributed by atoms with Crippen LogP contribution >= 0.6 is 0 Å². The van der Waals surface area contributed by atoms with Gasteiger partial charge in [0, 0.05) is 13.1 Å². The predicted molar refractivity (Wildman–Crippen MR) is 68.0 cm³/mol. The Kier molecular flexibility index (Phi) is 3.97. The summed E-state index contributed by atoms with van der Waals surface area (Å²) in [4.78, 5) is 2.14. The fourth-order valence-electron chi connectivity index (χ4n) is 2.68. The van der Waals surface area contributed by atoms with Crippen LogP contribution in [0.1, 0.15) is 24.8 Å². The van der Waals surface area contributed by atoms with Crippen molar-refractivity contribution in [3.8, 4) is 0 Å². The third kappa shape index (κ3) is 2.87. The van der Waals surface area contributed by atoms with Gasteiger partial charge in [-0.2, -0.15) is 0 Å². The molecule has 0 aromatic heterocycles. The first kappa shape index (κ1) is 13.4. The van der Waals surface area contributed by atoms with Crippen molar-refractivity contribution in [1.82, 2.24) is 4.90 Å². The van der Waals surface area contributed by atoms with Crippen LogP contribution in [0.25, 0.3) is 0 Å². The molecule has 1 aromatic carbocycles. The zero-order valence-corrected chi connectivity index (χ0v) is 10.8. The second kappa shape index (κ2) is 5.33. The van der Waals surface area contributed by atoms with E-state index >= 15 is 0 Å². The standard InChI is InChI=1S/C14H20F2N2/c1-18(10-14(9-17)5-2-6-14)8-11-3-4-12(15)13(16)7-11/h3-4,7H,2,5-6,8-10,17H2,1H3. The smallest absolute Gasteiger partial charge is 0.159 e. The van der Waals surface area contributed by atoms with E-state index in [1.165, 1.54) is 31.4 Å². The Morgan fingerprint density at radius 1 is 1.28 bits per heavy atom. The van der Waals surface area contributed by atoms with Crippen LogP contribution in [0.5, 0.6) is 0 Å². The fourth-order valence-corrected chi connectivity index (χ4v) is 2.68. The van der Waals surface area contributed by atoms with Crippen molar-refractivity contribution in [3.05, 3.63) is 35.4 Å². The maximum absolute atomic E-state index is 13.1. The predicted octanol–water partition coefficient (Wildman–Crippen LogP) is 2.53. The first-order valence-corrected chi connectivity index (χ1v) is 6.37. The Morgan fingerprint density at radius 3 is 2.50 bits per heavy atom. The summed E-state index contributed by atoms with van der Waals surface area (Å²) in [5, 5.41) is 0. The van der Waals surface area contributed by atoms with E-state index in [0.29, 0.717) is 13.1 Å². The second-order valence-electron chi connectivity index (χ2n) is 5.48. The van der Waals surface area contributed by atoms with Crippen molar-refractivity contribution in [2.45, 2.75) is 25.8 Å². The van der Waals surface area contributed by atoms with Crippen LogP contribution in [0.2, 0.25) is 0 Å². The molecule has 0 radical (unpaired) electrons. The molecule has 0 amide bonds. The minimum atomic E-state index is -0.793. The average Bonchev–Trinajstić information content (AvgIpc) is 2.29. The molecule has 1 saturated carbocycles. The van der Waals surface area contributed by atoms with Gasteiger partial charge in [-0.25, -0.2) is 8.78 Å². The van der Waals surface area contributed by atoms with Crippen LogP contribution in [0.15, 0.2) is 18.2 Å². The molecule has 1 fully saturated rings. The molecular formula is C14H20F2N2. The van der Waals surface area contributed by atoms with E-state index in [4.69, 9.17) is 5.73 Å². The molecule has 0 unspecified atom stereocenters. The monoisotopic (exact) mass is 254 g/mol. The van der Waals surface area contributed by atoms with Gasteiger partial charge in [-0.05, 0) is 49.5 Å². The molecule has 0 saturated heterocycles. The topological polar surface area (TPSA) is 29.3 Å². The van der Waals surface area contributed by atoms with Crippen LogP contribution in [0.3, 0.4) is 0 Å². The first-order chi connectivity index (χ1) is 8.54. The number of hydrogen-bond acceptors (Lipinski definition) is 2. The van der Waals surface area contributed by atoms with E-state index in [2.05, 4.69) is 4.90 Å². The molecule has 1 aromatic rings. The van der Waals surface area contributed by atoms with Crippen molar-refractivity contribution >= 4 is 0 Å². The summed E-state index contributed by atoms with van der Waals surface area (Å²) in [5.74, 6) is -1.57. The Hall–Kier alpha value is -1.00. The summed E-state index contributed by atoms with van der Waals surface area (Å²) in [6.45, 7) is 2.25. The third-order valence-corrected chi connectivity index (χ3v) is 3.89. The third-order valence-electron chi connectivity index (χ3n) is 3.89. The summed E-state index contributed by atoms with van der Waals surface area (Å²) in [6, 6.07) is 4.08. The zero-order valence-electron chi connectivity index (χ0n) is 10.8. The Labute approximate surface area is 107 Å². The first-order valence-electron chi connectivity index (χ1n) is 6.37. The normalized spacial score (nSPS) is 17.8. The van der Waals surface area contributed by atoms with Gasteiger partial charge in [0.2, 0.25) is 0 Å². The van der Waals surface area contributed by atoms with Crippen LogP contribution in [-0.4, -0.2) is 25.0 Å². The van der Waals surface area contributed by atoms with Crippen LogP contribution in [0.4, 0.5) is 8.78 Å². The number of benzene rings is 1. The average molecular weight is 254 g/mol. The van der Waals surface area contributed by atoms with Crippen LogP contribution < -0.4 is 5.73 Å². The minimum Gasteiger partial charge on any atom is -0.330 e. The summed E-state index contributed by atoms with van der Waals surface area (Å²) in [7, 11) is 2.00. The molecule has 2 N–H and O–H groups in total. The number of nitrogens with two attached hydrogens (primary N) is 1. The highest BCUT2D eigenvalue weighted by atomic mass is 19.2. The lowest BCUT2D eigenvalue weighted by Gasteiger charge is -2.43. The molecule has 0 heterocycles. The van der Waals surface area contributed by atoms with Crippen molar-refractivity contribution in [2.24, 2.45) is 11.1 Å². The molecule has 0 aliphatic heterocycles. The summed E-state index contributed by atoms with van der Waals surface area (Å²) < 4.78 is 25.9. The van der Waals surface area contributed by atoms with Gasteiger partial charge >= 0.3 is 0 Å². The van der Waals surface area contributed by atoms with Crippen molar-refractivity contribution in [2.75, 3.05) is 20.1 Å². The summed E-state index contributed by atoms with van der Waals surface area (Å²) in [5.41, 5.74) is 6.86. The molecule has 0 bridgehead atoms. The van der Waals surface area contributed by atoms with Gasteiger partial charge in [0.1, 0.15) is 0 Å². The molecule has 1 aliphatic carbocycles. The van der Waals surface area contributed by atoms with E-state index in [0.717, 1.165) is 12.1 Å². The zero-order chi connectivity index (χ0) is 13.2. The van der Waals surface area contributed by atoms with Gasteiger partial charge in [-0.1, -0.05) is 12.5 Å². The van der Waals surface area contributed by atoms with Gasteiger partial charge in [-0.15, -0.1) is 0 Å². The van der Waals surface area contributed by atoms with Crippen LogP contribution in [-0.2, 0) is 6.54 Å². The molecule has 2 rings (SSSR count). The SMILES string of the molecule is CN(Cc1ccc(F)c(F)c1)CC1(CN)CCC1. The second-order valence-corrected chi connectivity index (χ2v) is 5.48. The van der Waals surface area contributed by atoms with Gasteiger partial charge in [0.25, 0.3) is 0 Å². The number of halogens is 2. The van der Waals surface area contributed by atoms with Gasteiger partial charge in [0.05, 0.1) is 0 Å². The van der Waals surface area contributed by atoms with Crippen molar-refractivity contribution in [1.29, 1.82) is 0 Å². The van der Waals surface area contributed by atoms with Gasteiger partial charge in [-0.3, -0.25) is 0 Å². The molecule has 18 heavy (non-hydrogen) atoms. The number of hydrogen-bond donors (Lipinski definition) is 1. The lowest BCUT2D eigenvalue weighted by molar-refractivity contribution is 0.0845. The highest BCUT2D eigenvalue weighted by Gasteiger charge is 2.36. The van der Waals surface area contributed by atoms with Crippen molar-refractivity contribution in [3.63, 3.8) is 0 Å². The quantitative estimate of drug-likeness (QED) is 0.875. The van der Waals surface area contributed by atoms with Gasteiger partial charge in [0.15, 0.2) is 11.6 Å². The van der Waals surface area contributed by atoms with E-state index < -0.39 is 11.6 Å². The molecule has 2 nitrogen and oxygen atoms in total. The molecule has 0 spiro atoms. The van der Waals surface area contributed by atoms with Crippen molar-refractivity contribution < 1.29 is 8.78 Å². The molecule has 100 valence electrons. The fraction of sp³-hybridized carbons (Fsp3) is 0.571.